The minimum atomic E-state index is -0.810. The molecule has 0 bridgehead atoms. The third-order valence-electron chi connectivity index (χ3n) is 2.46. The van der Waals surface area contributed by atoms with Gasteiger partial charge in [0.2, 0.25) is 0 Å². The average molecular weight is 190 g/mol. The van der Waals surface area contributed by atoms with Crippen molar-refractivity contribution in [3.8, 4) is 0 Å². The lowest BCUT2D eigenvalue weighted by atomic mass is 9.94. The van der Waals surface area contributed by atoms with Crippen LogP contribution in [0.2, 0.25) is 0 Å². The Morgan fingerprint density at radius 3 is 2.31 bits per heavy atom. The molecule has 1 aliphatic heterocycles. The third-order valence-corrected chi connectivity index (χ3v) is 2.46. The van der Waals surface area contributed by atoms with Gasteiger partial charge in [-0.2, -0.15) is 0 Å². The van der Waals surface area contributed by atoms with Crippen molar-refractivity contribution in [1.29, 1.82) is 0 Å². The van der Waals surface area contributed by atoms with E-state index in [-0.39, 0.29) is 18.6 Å². The number of aliphatic hydroxyl groups is 3. The van der Waals surface area contributed by atoms with Gasteiger partial charge in [-0.3, -0.25) is 0 Å². The molecule has 1 fully saturated rings. The number of hydrogen-bond acceptors (Lipinski definition) is 4. The van der Waals surface area contributed by atoms with E-state index in [9.17, 15) is 10.2 Å². The first kappa shape index (κ1) is 10.9. The van der Waals surface area contributed by atoms with E-state index < -0.39 is 18.3 Å². The lowest BCUT2D eigenvalue weighted by Gasteiger charge is -2.34. The molecule has 0 saturated carbocycles. The number of hydrogen-bond donors (Lipinski definition) is 3. The van der Waals surface area contributed by atoms with Gasteiger partial charge in [0, 0.05) is 6.42 Å². The van der Waals surface area contributed by atoms with Crippen LogP contribution in [-0.4, -0.2) is 46.3 Å². The highest BCUT2D eigenvalue weighted by molar-refractivity contribution is 4.82. The van der Waals surface area contributed by atoms with Gasteiger partial charge in [0.05, 0.1) is 24.9 Å². The summed E-state index contributed by atoms with van der Waals surface area (Å²) in [4.78, 5) is 0. The fourth-order valence-electron chi connectivity index (χ4n) is 1.46. The predicted octanol–water partition coefficient (Wildman–Crippen LogP) is -0.486. The Morgan fingerprint density at radius 1 is 1.23 bits per heavy atom. The van der Waals surface area contributed by atoms with E-state index in [1.165, 1.54) is 0 Å². The number of ether oxygens (including phenoxy) is 1. The van der Waals surface area contributed by atoms with Gasteiger partial charge in [-0.25, -0.2) is 0 Å². The molecule has 4 atom stereocenters. The molecule has 13 heavy (non-hydrogen) atoms. The molecule has 1 rings (SSSR count). The Bertz CT molecular complexity index is 160. The molecule has 0 aromatic carbocycles. The highest BCUT2D eigenvalue weighted by Crippen LogP contribution is 2.20. The molecule has 0 aromatic heterocycles. The third kappa shape index (κ3) is 2.64. The first-order valence-electron chi connectivity index (χ1n) is 4.68. The van der Waals surface area contributed by atoms with E-state index in [1.54, 1.807) is 0 Å². The lowest BCUT2D eigenvalue weighted by molar-refractivity contribution is -0.157. The van der Waals surface area contributed by atoms with Crippen LogP contribution in [-0.2, 0) is 4.74 Å². The van der Waals surface area contributed by atoms with Crippen molar-refractivity contribution in [2.75, 3.05) is 6.61 Å². The van der Waals surface area contributed by atoms with Gasteiger partial charge >= 0.3 is 0 Å². The summed E-state index contributed by atoms with van der Waals surface area (Å²) >= 11 is 0. The standard InChI is InChI=1S/C9H18O4/c1-5(2)9(12)8-3-6(10)7(11)4-13-8/h5-12H,3-4H2,1-2H3/t6-,7+,8-,9-/m0/s1. The van der Waals surface area contributed by atoms with Crippen molar-refractivity contribution >= 4 is 0 Å². The minimum Gasteiger partial charge on any atom is -0.390 e. The van der Waals surface area contributed by atoms with E-state index in [2.05, 4.69) is 0 Å². The van der Waals surface area contributed by atoms with Crippen LogP contribution < -0.4 is 0 Å². The van der Waals surface area contributed by atoms with Gasteiger partial charge in [-0.1, -0.05) is 13.8 Å². The fraction of sp³-hybridized carbons (Fsp3) is 1.00. The van der Waals surface area contributed by atoms with Crippen LogP contribution in [0.25, 0.3) is 0 Å². The van der Waals surface area contributed by atoms with Crippen molar-refractivity contribution in [2.24, 2.45) is 5.92 Å². The van der Waals surface area contributed by atoms with Crippen LogP contribution in [0.4, 0.5) is 0 Å². The fourth-order valence-corrected chi connectivity index (χ4v) is 1.46. The molecule has 1 saturated heterocycles. The van der Waals surface area contributed by atoms with Gasteiger partial charge in [-0.15, -0.1) is 0 Å². The maximum atomic E-state index is 9.64. The molecule has 4 nitrogen and oxygen atoms in total. The van der Waals surface area contributed by atoms with Crippen molar-refractivity contribution in [3.05, 3.63) is 0 Å². The van der Waals surface area contributed by atoms with E-state index in [4.69, 9.17) is 9.84 Å². The van der Waals surface area contributed by atoms with Crippen molar-refractivity contribution in [2.45, 2.75) is 44.7 Å². The molecular formula is C9H18O4. The molecule has 0 aromatic rings. The van der Waals surface area contributed by atoms with Crippen LogP contribution in [0, 0.1) is 5.92 Å². The van der Waals surface area contributed by atoms with Crippen molar-refractivity contribution < 1.29 is 20.1 Å². The maximum absolute atomic E-state index is 9.64. The Labute approximate surface area is 78.1 Å². The second kappa shape index (κ2) is 4.37. The Morgan fingerprint density at radius 2 is 1.85 bits per heavy atom. The highest BCUT2D eigenvalue weighted by atomic mass is 16.5. The van der Waals surface area contributed by atoms with Crippen molar-refractivity contribution in [3.63, 3.8) is 0 Å². The minimum absolute atomic E-state index is 0.104. The molecule has 4 heteroatoms. The summed E-state index contributed by atoms with van der Waals surface area (Å²) in [7, 11) is 0. The summed E-state index contributed by atoms with van der Waals surface area (Å²) in [6.07, 6.45) is -2.19. The Kier molecular flexibility index (Phi) is 3.67. The van der Waals surface area contributed by atoms with E-state index in [0.29, 0.717) is 6.42 Å². The highest BCUT2D eigenvalue weighted by Gasteiger charge is 2.33. The molecule has 0 radical (unpaired) electrons. The normalized spacial score (nSPS) is 37.8. The largest absolute Gasteiger partial charge is 0.390 e. The van der Waals surface area contributed by atoms with Crippen LogP contribution in [0.3, 0.4) is 0 Å². The molecular weight excluding hydrogens is 172 g/mol. The first-order chi connectivity index (χ1) is 6.02. The summed E-state index contributed by atoms with van der Waals surface area (Å²) in [6.45, 7) is 3.90. The zero-order valence-corrected chi connectivity index (χ0v) is 8.05. The molecule has 0 amide bonds. The van der Waals surface area contributed by atoms with E-state index >= 15 is 0 Å². The molecule has 0 spiro atoms. The summed E-state index contributed by atoms with van der Waals surface area (Å²) in [5, 5.41) is 28.1. The van der Waals surface area contributed by atoms with Crippen LogP contribution in [0.1, 0.15) is 20.3 Å². The molecule has 0 unspecified atom stereocenters. The van der Waals surface area contributed by atoms with Gasteiger partial charge < -0.3 is 20.1 Å². The predicted molar refractivity (Wildman–Crippen MR) is 47.2 cm³/mol. The average Bonchev–Trinajstić information content (AvgIpc) is 2.08. The summed E-state index contributed by atoms with van der Waals surface area (Å²) in [5.41, 5.74) is 0. The maximum Gasteiger partial charge on any atom is 0.103 e. The Balaban J connectivity index is 2.45. The van der Waals surface area contributed by atoms with Crippen LogP contribution >= 0.6 is 0 Å². The van der Waals surface area contributed by atoms with E-state index in [1.807, 2.05) is 13.8 Å². The zero-order chi connectivity index (χ0) is 10.0. The van der Waals surface area contributed by atoms with Crippen molar-refractivity contribution in [1.82, 2.24) is 0 Å². The summed E-state index contributed by atoms with van der Waals surface area (Å²) < 4.78 is 5.22. The summed E-state index contributed by atoms with van der Waals surface area (Å²) in [5.74, 6) is 0.104. The van der Waals surface area contributed by atoms with Gasteiger partial charge in [0.15, 0.2) is 0 Å². The smallest absolute Gasteiger partial charge is 0.103 e. The monoisotopic (exact) mass is 190 g/mol. The SMILES string of the molecule is CC(C)[C@H](O)[C@@H]1C[C@H](O)[C@H](O)CO1. The topological polar surface area (TPSA) is 69.9 Å². The zero-order valence-electron chi connectivity index (χ0n) is 8.05. The second-order valence-electron chi connectivity index (χ2n) is 3.98. The van der Waals surface area contributed by atoms with Gasteiger partial charge in [0.1, 0.15) is 6.10 Å². The quantitative estimate of drug-likeness (QED) is 0.550. The van der Waals surface area contributed by atoms with Crippen LogP contribution in [0.5, 0.6) is 0 Å². The second-order valence-corrected chi connectivity index (χ2v) is 3.98. The molecule has 1 heterocycles. The van der Waals surface area contributed by atoms with Crippen LogP contribution in [0.15, 0.2) is 0 Å². The molecule has 0 aliphatic carbocycles. The number of aliphatic hydroxyl groups excluding tert-OH is 3. The number of rotatable bonds is 2. The van der Waals surface area contributed by atoms with E-state index in [0.717, 1.165) is 0 Å². The molecule has 78 valence electrons. The molecule has 1 aliphatic rings. The van der Waals surface area contributed by atoms with Gasteiger partial charge in [-0.05, 0) is 5.92 Å². The molecule has 3 N–H and O–H groups in total. The Hall–Kier alpha value is -0.160. The first-order valence-corrected chi connectivity index (χ1v) is 4.68. The lowest BCUT2D eigenvalue weighted by Crippen LogP contribution is -2.47. The van der Waals surface area contributed by atoms with Gasteiger partial charge in [0.25, 0.3) is 0 Å². The summed E-state index contributed by atoms with van der Waals surface area (Å²) in [6, 6.07) is 0.